The van der Waals surface area contributed by atoms with Crippen LogP contribution in [0.2, 0.25) is 0 Å². The van der Waals surface area contributed by atoms with Gasteiger partial charge < -0.3 is 10.4 Å². The van der Waals surface area contributed by atoms with Crippen LogP contribution in [0.15, 0.2) is 110 Å². The Balaban J connectivity index is 1.39. The number of hydrogen-bond donors (Lipinski definition) is 2. The molecule has 0 aliphatic rings. The Hall–Kier alpha value is -5.30. The molecule has 6 rings (SSSR count). The van der Waals surface area contributed by atoms with E-state index in [2.05, 4.69) is 21.5 Å². The van der Waals surface area contributed by atoms with Crippen LogP contribution in [0.25, 0.3) is 27.5 Å². The third-order valence-corrected chi connectivity index (χ3v) is 7.09. The first-order valence-electron chi connectivity index (χ1n) is 13.0. The van der Waals surface area contributed by atoms with E-state index in [0.29, 0.717) is 12.0 Å². The van der Waals surface area contributed by atoms with Gasteiger partial charge in [-0.15, -0.1) is 0 Å². The SMILES string of the molecule is C[C@H](NC(=O)c1cc(-c2ccccc2)cn2ncc(Cc3cnc4ccccc4c3)c12)c1ccc(C(=O)O)cc1. The number of benzene rings is 3. The van der Waals surface area contributed by atoms with E-state index < -0.39 is 5.97 Å². The van der Waals surface area contributed by atoms with Gasteiger partial charge in [0.2, 0.25) is 0 Å². The monoisotopic (exact) mass is 526 g/mol. The van der Waals surface area contributed by atoms with Crippen molar-refractivity contribution in [1.82, 2.24) is 19.9 Å². The fraction of sp³-hybridized carbons (Fsp3) is 0.0909. The molecule has 3 aromatic carbocycles. The third-order valence-electron chi connectivity index (χ3n) is 7.09. The fourth-order valence-electron chi connectivity index (χ4n) is 4.98. The van der Waals surface area contributed by atoms with E-state index >= 15 is 0 Å². The summed E-state index contributed by atoms with van der Waals surface area (Å²) < 4.78 is 1.77. The number of para-hydroxylation sites is 1. The number of amides is 1. The summed E-state index contributed by atoms with van der Waals surface area (Å²) in [7, 11) is 0. The largest absolute Gasteiger partial charge is 0.478 e. The van der Waals surface area contributed by atoms with Gasteiger partial charge in [-0.1, -0.05) is 60.7 Å². The third kappa shape index (κ3) is 4.92. The molecule has 0 saturated heterocycles. The maximum atomic E-state index is 13.8. The molecular weight excluding hydrogens is 500 g/mol. The van der Waals surface area contributed by atoms with Gasteiger partial charge in [-0.3, -0.25) is 9.78 Å². The van der Waals surface area contributed by atoms with Gasteiger partial charge in [-0.2, -0.15) is 5.10 Å². The second-order valence-corrected chi connectivity index (χ2v) is 9.81. The van der Waals surface area contributed by atoms with E-state index in [1.807, 2.05) is 86.2 Å². The Bertz CT molecular complexity index is 1860. The van der Waals surface area contributed by atoms with Gasteiger partial charge in [0.1, 0.15) is 0 Å². The van der Waals surface area contributed by atoms with Crippen molar-refractivity contribution in [3.05, 3.63) is 137 Å². The van der Waals surface area contributed by atoms with Gasteiger partial charge in [-0.25, -0.2) is 9.31 Å². The van der Waals surface area contributed by atoms with Crippen LogP contribution in [0.4, 0.5) is 0 Å². The van der Waals surface area contributed by atoms with Gasteiger partial charge in [0.15, 0.2) is 0 Å². The molecule has 0 aliphatic carbocycles. The van der Waals surface area contributed by atoms with Crippen molar-refractivity contribution >= 4 is 28.3 Å². The highest BCUT2D eigenvalue weighted by atomic mass is 16.4. The first-order chi connectivity index (χ1) is 19.5. The molecule has 6 aromatic rings. The van der Waals surface area contributed by atoms with Crippen molar-refractivity contribution in [3.63, 3.8) is 0 Å². The second kappa shape index (κ2) is 10.5. The van der Waals surface area contributed by atoms with Crippen molar-refractivity contribution in [2.24, 2.45) is 0 Å². The Morgan fingerprint density at radius 2 is 1.65 bits per heavy atom. The number of fused-ring (bicyclic) bond motifs is 2. The lowest BCUT2D eigenvalue weighted by Crippen LogP contribution is -2.27. The van der Waals surface area contributed by atoms with Crippen LogP contribution in [0.1, 0.15) is 50.4 Å². The van der Waals surface area contributed by atoms with Crippen LogP contribution in [-0.4, -0.2) is 31.6 Å². The van der Waals surface area contributed by atoms with Gasteiger partial charge in [-0.05, 0) is 53.9 Å². The molecule has 0 bridgehead atoms. The average Bonchev–Trinajstić information content (AvgIpc) is 3.39. The number of carboxylic acid groups (broad SMARTS) is 1. The fourth-order valence-corrected chi connectivity index (χ4v) is 4.98. The molecule has 0 saturated carbocycles. The van der Waals surface area contributed by atoms with Crippen molar-refractivity contribution in [1.29, 1.82) is 0 Å². The highest BCUT2D eigenvalue weighted by Gasteiger charge is 2.20. The Labute approximate surface area is 230 Å². The van der Waals surface area contributed by atoms with Crippen LogP contribution in [-0.2, 0) is 6.42 Å². The van der Waals surface area contributed by atoms with E-state index in [9.17, 15) is 14.7 Å². The molecule has 3 aromatic heterocycles. The number of rotatable bonds is 7. The first kappa shape index (κ1) is 25.0. The molecule has 40 heavy (non-hydrogen) atoms. The minimum absolute atomic E-state index is 0.201. The Morgan fingerprint density at radius 3 is 2.42 bits per heavy atom. The summed E-state index contributed by atoms with van der Waals surface area (Å²) in [6, 6.07) is 28.1. The minimum Gasteiger partial charge on any atom is -0.478 e. The minimum atomic E-state index is -0.988. The summed E-state index contributed by atoms with van der Waals surface area (Å²) in [5, 5.41) is 18.0. The van der Waals surface area contributed by atoms with Crippen molar-refractivity contribution in [2.45, 2.75) is 19.4 Å². The standard InChI is InChI=1S/C33H26N4O3/c1-21(23-11-13-25(14-12-23)33(39)40)36-32(38)29-17-28(24-7-3-2-4-8-24)20-37-31(29)27(19-35-37)16-22-15-26-9-5-6-10-30(26)34-18-22/h2-15,17-21H,16H2,1H3,(H,36,38)(H,39,40)/t21-/m0/s1. The molecule has 196 valence electrons. The number of nitrogens with one attached hydrogen (secondary N) is 1. The zero-order valence-electron chi connectivity index (χ0n) is 21.8. The molecule has 0 fully saturated rings. The molecule has 0 aliphatic heterocycles. The average molecular weight is 527 g/mol. The molecule has 0 radical (unpaired) electrons. The van der Waals surface area contributed by atoms with E-state index in [4.69, 9.17) is 0 Å². The molecule has 7 nitrogen and oxygen atoms in total. The lowest BCUT2D eigenvalue weighted by atomic mass is 10.00. The summed E-state index contributed by atoms with van der Waals surface area (Å²) in [4.78, 5) is 29.7. The number of pyridine rings is 2. The number of aromatic carboxylic acids is 1. The molecule has 0 unspecified atom stereocenters. The van der Waals surface area contributed by atoms with Gasteiger partial charge >= 0.3 is 5.97 Å². The van der Waals surface area contributed by atoms with Crippen LogP contribution < -0.4 is 5.32 Å². The number of aromatic nitrogens is 3. The van der Waals surface area contributed by atoms with Crippen LogP contribution in [0, 0.1) is 0 Å². The topological polar surface area (TPSA) is 96.6 Å². The highest BCUT2D eigenvalue weighted by Crippen LogP contribution is 2.27. The predicted octanol–water partition coefficient (Wildman–Crippen LogP) is 6.33. The number of nitrogens with zero attached hydrogens (tertiary/aromatic N) is 3. The van der Waals surface area contributed by atoms with E-state index in [1.54, 1.807) is 28.8 Å². The molecular formula is C33H26N4O3. The van der Waals surface area contributed by atoms with Crippen molar-refractivity contribution < 1.29 is 14.7 Å². The predicted molar refractivity (Wildman–Crippen MR) is 154 cm³/mol. The maximum Gasteiger partial charge on any atom is 0.335 e. The van der Waals surface area contributed by atoms with Crippen LogP contribution >= 0.6 is 0 Å². The number of carbonyl (C=O) groups excluding carboxylic acids is 1. The van der Waals surface area contributed by atoms with Crippen molar-refractivity contribution in [3.8, 4) is 11.1 Å². The molecule has 2 N–H and O–H groups in total. The van der Waals surface area contributed by atoms with Gasteiger partial charge in [0, 0.05) is 35.3 Å². The number of hydrogen-bond acceptors (Lipinski definition) is 4. The van der Waals surface area contributed by atoms with Crippen LogP contribution in [0.5, 0.6) is 0 Å². The second-order valence-electron chi connectivity index (χ2n) is 9.81. The molecule has 1 atom stereocenters. The summed E-state index contributed by atoms with van der Waals surface area (Å²) in [6.07, 6.45) is 6.19. The van der Waals surface area contributed by atoms with Crippen LogP contribution in [0.3, 0.4) is 0 Å². The highest BCUT2D eigenvalue weighted by molar-refractivity contribution is 6.03. The zero-order valence-corrected chi connectivity index (χ0v) is 21.8. The van der Waals surface area contributed by atoms with E-state index in [0.717, 1.165) is 44.2 Å². The summed E-state index contributed by atoms with van der Waals surface area (Å²) in [5.74, 6) is -1.23. The van der Waals surface area contributed by atoms with E-state index in [1.165, 1.54) is 0 Å². The normalized spacial score (nSPS) is 11.9. The quantitative estimate of drug-likeness (QED) is 0.253. The summed E-state index contributed by atoms with van der Waals surface area (Å²) >= 11 is 0. The number of carbonyl (C=O) groups is 2. The smallest absolute Gasteiger partial charge is 0.335 e. The molecule has 7 heteroatoms. The molecule has 1 amide bonds. The lowest BCUT2D eigenvalue weighted by Gasteiger charge is -2.16. The summed E-state index contributed by atoms with van der Waals surface area (Å²) in [6.45, 7) is 1.88. The molecule has 3 heterocycles. The number of carboxylic acids is 1. The van der Waals surface area contributed by atoms with Gasteiger partial charge in [0.05, 0.1) is 34.4 Å². The van der Waals surface area contributed by atoms with E-state index in [-0.39, 0.29) is 17.5 Å². The zero-order chi connectivity index (χ0) is 27.6. The van der Waals surface area contributed by atoms with Crippen molar-refractivity contribution in [2.75, 3.05) is 0 Å². The Morgan fingerprint density at radius 1 is 0.900 bits per heavy atom. The lowest BCUT2D eigenvalue weighted by molar-refractivity contribution is 0.0696. The molecule has 0 spiro atoms. The first-order valence-corrected chi connectivity index (χ1v) is 13.0. The van der Waals surface area contributed by atoms with Gasteiger partial charge in [0.25, 0.3) is 5.91 Å². The maximum absolute atomic E-state index is 13.8. The Kier molecular flexibility index (Phi) is 6.54. The summed E-state index contributed by atoms with van der Waals surface area (Å²) in [5.41, 5.74) is 6.99.